The molecule has 1 aliphatic rings. The summed E-state index contributed by atoms with van der Waals surface area (Å²) >= 11 is 5.67. The summed E-state index contributed by atoms with van der Waals surface area (Å²) in [7, 11) is 0. The van der Waals surface area contributed by atoms with E-state index in [9.17, 15) is 0 Å². The summed E-state index contributed by atoms with van der Waals surface area (Å²) in [6, 6.07) is 9.31. The number of ether oxygens (including phenoxy) is 1. The minimum absolute atomic E-state index is 0.354. The molecule has 26 heavy (non-hydrogen) atoms. The lowest BCUT2D eigenvalue weighted by Gasteiger charge is -2.30. The number of nitrogens with zero attached hydrogens (tertiary/aromatic N) is 2. The Morgan fingerprint density at radius 1 is 1.15 bits per heavy atom. The first-order valence-electron chi connectivity index (χ1n) is 9.90. The summed E-state index contributed by atoms with van der Waals surface area (Å²) in [6.45, 7) is 15.5. The number of thiocarbonyl (C=S) groups is 1. The minimum Gasteiger partial charge on any atom is -0.379 e. The van der Waals surface area contributed by atoms with Crippen LogP contribution in [0.2, 0.25) is 0 Å². The molecular formula is C21H35N3OS. The molecule has 1 saturated heterocycles. The van der Waals surface area contributed by atoms with Gasteiger partial charge in [-0.2, -0.15) is 0 Å². The van der Waals surface area contributed by atoms with Crippen molar-refractivity contribution in [3.05, 3.63) is 35.4 Å². The molecule has 4 nitrogen and oxygen atoms in total. The first-order valence-corrected chi connectivity index (χ1v) is 10.3. The molecule has 0 unspecified atom stereocenters. The topological polar surface area (TPSA) is 27.7 Å². The van der Waals surface area contributed by atoms with E-state index < -0.39 is 0 Å². The van der Waals surface area contributed by atoms with Crippen LogP contribution in [0.5, 0.6) is 0 Å². The smallest absolute Gasteiger partial charge is 0.169 e. The second-order valence-corrected chi connectivity index (χ2v) is 8.12. The maximum atomic E-state index is 5.67. The molecule has 0 radical (unpaired) electrons. The Morgan fingerprint density at radius 3 is 2.38 bits per heavy atom. The molecule has 1 aliphatic heterocycles. The Labute approximate surface area is 164 Å². The highest BCUT2D eigenvalue weighted by Crippen LogP contribution is 2.16. The average Bonchev–Trinajstić information content (AvgIpc) is 2.61. The monoisotopic (exact) mass is 377 g/mol. The molecule has 0 aromatic heterocycles. The zero-order chi connectivity index (χ0) is 18.9. The first-order chi connectivity index (χ1) is 12.5. The molecule has 1 aromatic rings. The molecule has 1 aromatic carbocycles. The van der Waals surface area contributed by atoms with Crippen LogP contribution >= 0.6 is 12.2 Å². The fourth-order valence-electron chi connectivity index (χ4n) is 3.13. The van der Waals surface area contributed by atoms with Gasteiger partial charge in [-0.15, -0.1) is 0 Å². The molecule has 1 heterocycles. The predicted octanol–water partition coefficient (Wildman–Crippen LogP) is 3.62. The van der Waals surface area contributed by atoms with Crippen molar-refractivity contribution in [2.24, 2.45) is 0 Å². The largest absolute Gasteiger partial charge is 0.379 e. The SMILES string of the molecule is CC(C)NC(=S)N(CCCN1CCOCC1)Cc1ccc(C(C)C)cc1. The van der Waals surface area contributed by atoms with Gasteiger partial charge in [0.15, 0.2) is 5.11 Å². The van der Waals surface area contributed by atoms with Gasteiger partial charge in [-0.3, -0.25) is 4.90 Å². The molecule has 5 heteroatoms. The van der Waals surface area contributed by atoms with Gasteiger partial charge in [0, 0.05) is 38.8 Å². The Balaban J connectivity index is 1.92. The maximum absolute atomic E-state index is 5.67. The van der Waals surface area contributed by atoms with Gasteiger partial charge in [-0.25, -0.2) is 0 Å². The van der Waals surface area contributed by atoms with Crippen LogP contribution in [0, 0.1) is 0 Å². The Morgan fingerprint density at radius 2 is 1.81 bits per heavy atom. The van der Waals surface area contributed by atoms with E-state index in [0.717, 1.165) is 57.5 Å². The van der Waals surface area contributed by atoms with Crippen LogP contribution in [-0.2, 0) is 11.3 Å². The van der Waals surface area contributed by atoms with Gasteiger partial charge in [0.05, 0.1) is 13.2 Å². The van der Waals surface area contributed by atoms with Crippen LogP contribution in [-0.4, -0.2) is 60.3 Å². The van der Waals surface area contributed by atoms with E-state index in [1.54, 1.807) is 0 Å². The van der Waals surface area contributed by atoms with Crippen molar-refractivity contribution in [1.29, 1.82) is 0 Å². The highest BCUT2D eigenvalue weighted by molar-refractivity contribution is 7.80. The highest BCUT2D eigenvalue weighted by atomic mass is 32.1. The predicted molar refractivity (Wildman–Crippen MR) is 114 cm³/mol. The summed E-state index contributed by atoms with van der Waals surface area (Å²) in [4.78, 5) is 4.79. The lowest BCUT2D eigenvalue weighted by molar-refractivity contribution is 0.0367. The fourth-order valence-corrected chi connectivity index (χ4v) is 3.52. The van der Waals surface area contributed by atoms with Crippen molar-refractivity contribution >= 4 is 17.3 Å². The van der Waals surface area contributed by atoms with E-state index in [1.165, 1.54) is 11.1 Å². The minimum atomic E-state index is 0.354. The third-order valence-electron chi connectivity index (χ3n) is 4.73. The molecule has 0 amide bonds. The van der Waals surface area contributed by atoms with Crippen LogP contribution in [0.3, 0.4) is 0 Å². The van der Waals surface area contributed by atoms with E-state index in [4.69, 9.17) is 17.0 Å². The van der Waals surface area contributed by atoms with Crippen molar-refractivity contribution in [2.75, 3.05) is 39.4 Å². The van der Waals surface area contributed by atoms with E-state index in [-0.39, 0.29) is 0 Å². The number of nitrogens with one attached hydrogen (secondary N) is 1. The molecule has 0 atom stereocenters. The molecule has 0 aliphatic carbocycles. The standard InChI is InChI=1S/C21H35N3OS/c1-17(2)20-8-6-19(7-9-20)16-24(21(26)22-18(3)4)11-5-10-23-12-14-25-15-13-23/h6-9,17-18H,5,10-16H2,1-4H3,(H,22,26). The second-order valence-electron chi connectivity index (χ2n) is 7.73. The van der Waals surface area contributed by atoms with Gasteiger partial charge in [0.25, 0.3) is 0 Å². The van der Waals surface area contributed by atoms with Gasteiger partial charge in [-0.05, 0) is 49.5 Å². The maximum Gasteiger partial charge on any atom is 0.169 e. The highest BCUT2D eigenvalue weighted by Gasteiger charge is 2.14. The lowest BCUT2D eigenvalue weighted by atomic mass is 10.0. The first kappa shape index (κ1) is 21.1. The normalized spacial score (nSPS) is 15.5. The fraction of sp³-hybridized carbons (Fsp3) is 0.667. The third kappa shape index (κ3) is 7.22. The lowest BCUT2D eigenvalue weighted by Crippen LogP contribution is -2.44. The second kappa shape index (κ2) is 10.9. The van der Waals surface area contributed by atoms with Crippen LogP contribution < -0.4 is 5.32 Å². The van der Waals surface area contributed by atoms with E-state index in [0.29, 0.717) is 12.0 Å². The van der Waals surface area contributed by atoms with Crippen molar-refractivity contribution in [3.63, 3.8) is 0 Å². The molecule has 2 rings (SSSR count). The molecule has 0 spiro atoms. The van der Waals surface area contributed by atoms with Crippen molar-refractivity contribution < 1.29 is 4.74 Å². The Kier molecular flexibility index (Phi) is 8.82. The van der Waals surface area contributed by atoms with Crippen LogP contribution in [0.25, 0.3) is 0 Å². The number of benzene rings is 1. The quantitative estimate of drug-likeness (QED) is 0.699. The summed E-state index contributed by atoms with van der Waals surface area (Å²) in [5.41, 5.74) is 2.70. The van der Waals surface area contributed by atoms with Crippen molar-refractivity contribution in [3.8, 4) is 0 Å². The number of hydrogen-bond acceptors (Lipinski definition) is 3. The summed E-state index contributed by atoms with van der Waals surface area (Å²) < 4.78 is 5.43. The number of rotatable bonds is 8. The van der Waals surface area contributed by atoms with Gasteiger partial charge in [0.2, 0.25) is 0 Å². The number of morpholine rings is 1. The van der Waals surface area contributed by atoms with E-state index >= 15 is 0 Å². The molecular weight excluding hydrogens is 342 g/mol. The van der Waals surface area contributed by atoms with Crippen LogP contribution in [0.15, 0.2) is 24.3 Å². The van der Waals surface area contributed by atoms with E-state index in [1.807, 2.05) is 0 Å². The average molecular weight is 378 g/mol. The zero-order valence-electron chi connectivity index (χ0n) is 16.8. The Bertz CT molecular complexity index is 539. The van der Waals surface area contributed by atoms with Gasteiger partial charge in [-0.1, -0.05) is 38.1 Å². The number of hydrogen-bond donors (Lipinski definition) is 1. The van der Waals surface area contributed by atoms with Gasteiger partial charge in [0.1, 0.15) is 0 Å². The van der Waals surface area contributed by atoms with Crippen LogP contribution in [0.1, 0.15) is 51.2 Å². The van der Waals surface area contributed by atoms with Gasteiger partial charge >= 0.3 is 0 Å². The molecule has 1 fully saturated rings. The van der Waals surface area contributed by atoms with Crippen molar-refractivity contribution in [1.82, 2.24) is 15.1 Å². The van der Waals surface area contributed by atoms with E-state index in [2.05, 4.69) is 67.1 Å². The molecule has 0 bridgehead atoms. The molecule has 146 valence electrons. The molecule has 1 N–H and O–H groups in total. The Hall–Kier alpha value is -1.17. The summed E-state index contributed by atoms with van der Waals surface area (Å²) in [5, 5.41) is 4.26. The third-order valence-corrected chi connectivity index (χ3v) is 5.10. The summed E-state index contributed by atoms with van der Waals surface area (Å²) in [6.07, 6.45) is 1.12. The van der Waals surface area contributed by atoms with Crippen molar-refractivity contribution in [2.45, 2.75) is 52.6 Å². The zero-order valence-corrected chi connectivity index (χ0v) is 17.6. The van der Waals surface area contributed by atoms with Crippen LogP contribution in [0.4, 0.5) is 0 Å². The summed E-state index contributed by atoms with van der Waals surface area (Å²) in [5.74, 6) is 0.567. The molecule has 0 saturated carbocycles. The van der Waals surface area contributed by atoms with Gasteiger partial charge < -0.3 is 15.0 Å².